The summed E-state index contributed by atoms with van der Waals surface area (Å²) in [7, 11) is 0. The van der Waals surface area contributed by atoms with Gasteiger partial charge < -0.3 is 4.74 Å². The van der Waals surface area contributed by atoms with E-state index in [1.165, 1.54) is 36.8 Å². The van der Waals surface area contributed by atoms with Crippen molar-refractivity contribution in [1.29, 1.82) is 0 Å². The number of nitrogens with zero attached hydrogens (tertiary/aromatic N) is 5. The Kier molecular flexibility index (Phi) is 4.25. The number of hydrogen-bond donors (Lipinski definition) is 2. The fourth-order valence-electron chi connectivity index (χ4n) is 2.51. The smallest absolute Gasteiger partial charge is 0.323 e. The van der Waals surface area contributed by atoms with Crippen LogP contribution in [0.15, 0.2) is 18.5 Å². The second kappa shape index (κ2) is 6.49. The molecule has 0 radical (unpaired) electrons. The van der Waals surface area contributed by atoms with Crippen molar-refractivity contribution in [3.8, 4) is 12.0 Å². The SMILES string of the molecule is NNc1nc(OCC2CCCCC2)nc(-n2cccn2)n1. The van der Waals surface area contributed by atoms with E-state index in [0.29, 0.717) is 18.5 Å². The zero-order valence-electron chi connectivity index (χ0n) is 11.8. The van der Waals surface area contributed by atoms with Crippen molar-refractivity contribution in [1.82, 2.24) is 24.7 Å². The molecule has 2 aromatic heterocycles. The van der Waals surface area contributed by atoms with E-state index < -0.39 is 0 Å². The van der Waals surface area contributed by atoms with Gasteiger partial charge in [0.15, 0.2) is 0 Å². The van der Waals surface area contributed by atoms with Gasteiger partial charge in [0, 0.05) is 12.4 Å². The van der Waals surface area contributed by atoms with E-state index in [0.717, 1.165) is 0 Å². The first-order valence-corrected chi connectivity index (χ1v) is 7.20. The molecular weight excluding hydrogens is 270 g/mol. The maximum Gasteiger partial charge on any atom is 0.323 e. The molecule has 0 spiro atoms. The number of anilines is 1. The van der Waals surface area contributed by atoms with Crippen molar-refractivity contribution in [2.45, 2.75) is 32.1 Å². The summed E-state index contributed by atoms with van der Waals surface area (Å²) < 4.78 is 7.27. The van der Waals surface area contributed by atoms with Crippen LogP contribution >= 0.6 is 0 Å². The molecule has 112 valence electrons. The molecule has 0 amide bonds. The Morgan fingerprint density at radius 2 is 2.10 bits per heavy atom. The molecule has 0 unspecified atom stereocenters. The molecule has 0 aliphatic heterocycles. The summed E-state index contributed by atoms with van der Waals surface area (Å²) in [5.41, 5.74) is 2.42. The van der Waals surface area contributed by atoms with Gasteiger partial charge in [-0.3, -0.25) is 5.43 Å². The molecule has 8 nitrogen and oxygen atoms in total. The summed E-state index contributed by atoms with van der Waals surface area (Å²) in [6.07, 6.45) is 9.70. The van der Waals surface area contributed by atoms with Crippen molar-refractivity contribution in [2.75, 3.05) is 12.0 Å². The molecule has 3 N–H and O–H groups in total. The van der Waals surface area contributed by atoms with Crippen LogP contribution in [0.4, 0.5) is 5.95 Å². The third-order valence-corrected chi connectivity index (χ3v) is 3.61. The molecule has 1 fully saturated rings. The maximum absolute atomic E-state index is 5.73. The number of hydrazine groups is 1. The monoisotopic (exact) mass is 289 g/mol. The minimum absolute atomic E-state index is 0.258. The number of nitrogen functional groups attached to an aromatic ring is 1. The lowest BCUT2D eigenvalue weighted by Crippen LogP contribution is -2.18. The average molecular weight is 289 g/mol. The van der Waals surface area contributed by atoms with E-state index in [2.05, 4.69) is 25.5 Å². The summed E-state index contributed by atoms with van der Waals surface area (Å²) in [5, 5.41) is 4.09. The van der Waals surface area contributed by atoms with Crippen molar-refractivity contribution >= 4 is 5.95 Å². The number of ether oxygens (including phenoxy) is 1. The Morgan fingerprint density at radius 1 is 1.24 bits per heavy atom. The zero-order valence-corrected chi connectivity index (χ0v) is 11.8. The van der Waals surface area contributed by atoms with Crippen molar-refractivity contribution in [3.05, 3.63) is 18.5 Å². The van der Waals surface area contributed by atoms with Crippen molar-refractivity contribution in [3.63, 3.8) is 0 Å². The highest BCUT2D eigenvalue weighted by Crippen LogP contribution is 2.24. The zero-order chi connectivity index (χ0) is 14.5. The van der Waals surface area contributed by atoms with Crippen LogP contribution < -0.4 is 16.0 Å². The normalized spacial score (nSPS) is 15.9. The molecule has 2 heterocycles. The molecule has 2 aromatic rings. The van der Waals surface area contributed by atoms with Gasteiger partial charge >= 0.3 is 6.01 Å². The van der Waals surface area contributed by atoms with Crippen LogP contribution in [0, 0.1) is 5.92 Å². The van der Waals surface area contributed by atoms with Crippen molar-refractivity contribution < 1.29 is 4.74 Å². The quantitative estimate of drug-likeness (QED) is 0.631. The lowest BCUT2D eigenvalue weighted by Gasteiger charge is -2.21. The summed E-state index contributed by atoms with van der Waals surface area (Å²) in [5.74, 6) is 6.61. The number of rotatable bonds is 5. The van der Waals surface area contributed by atoms with Crippen LogP contribution in [0.5, 0.6) is 6.01 Å². The molecule has 1 aliphatic carbocycles. The second-order valence-corrected chi connectivity index (χ2v) is 5.15. The summed E-state index contributed by atoms with van der Waals surface area (Å²) in [4.78, 5) is 12.5. The van der Waals surface area contributed by atoms with Crippen LogP contribution in [-0.4, -0.2) is 31.3 Å². The van der Waals surface area contributed by atoms with Gasteiger partial charge in [0.1, 0.15) is 0 Å². The molecule has 3 rings (SSSR count). The Balaban J connectivity index is 1.73. The largest absolute Gasteiger partial charge is 0.463 e. The topological polar surface area (TPSA) is 104 Å². The molecule has 0 atom stereocenters. The Morgan fingerprint density at radius 3 is 2.81 bits per heavy atom. The number of hydrogen-bond acceptors (Lipinski definition) is 7. The predicted molar refractivity (Wildman–Crippen MR) is 76.8 cm³/mol. The minimum Gasteiger partial charge on any atom is -0.463 e. The van der Waals surface area contributed by atoms with E-state index >= 15 is 0 Å². The van der Waals surface area contributed by atoms with Gasteiger partial charge in [-0.1, -0.05) is 19.3 Å². The molecule has 1 saturated carbocycles. The maximum atomic E-state index is 5.73. The van der Waals surface area contributed by atoms with E-state index in [4.69, 9.17) is 10.6 Å². The molecule has 21 heavy (non-hydrogen) atoms. The lowest BCUT2D eigenvalue weighted by molar-refractivity contribution is 0.196. The number of aromatic nitrogens is 5. The first kappa shape index (κ1) is 13.7. The first-order chi connectivity index (χ1) is 10.3. The van der Waals surface area contributed by atoms with E-state index in [1.807, 2.05) is 0 Å². The van der Waals surface area contributed by atoms with Gasteiger partial charge in [-0.25, -0.2) is 10.5 Å². The lowest BCUT2D eigenvalue weighted by atomic mass is 9.90. The van der Waals surface area contributed by atoms with Gasteiger partial charge in [-0.15, -0.1) is 0 Å². The number of nitrogens with two attached hydrogens (primary N) is 1. The standard InChI is InChI=1S/C13H19N7O/c14-19-11-16-12(20-8-4-7-15-20)18-13(17-11)21-9-10-5-2-1-3-6-10/h4,7-8,10H,1-3,5-6,9,14H2,(H,16,17,18,19). The highest BCUT2D eigenvalue weighted by atomic mass is 16.5. The van der Waals surface area contributed by atoms with Crippen LogP contribution in [-0.2, 0) is 0 Å². The Bertz CT molecular complexity index is 566. The Labute approximate surface area is 122 Å². The van der Waals surface area contributed by atoms with Crippen molar-refractivity contribution in [2.24, 2.45) is 11.8 Å². The highest BCUT2D eigenvalue weighted by Gasteiger charge is 2.16. The van der Waals surface area contributed by atoms with E-state index in [1.54, 1.807) is 18.5 Å². The Hall–Kier alpha value is -2.22. The van der Waals surface area contributed by atoms with Crippen LogP contribution in [0.25, 0.3) is 5.95 Å². The van der Waals surface area contributed by atoms with E-state index in [-0.39, 0.29) is 12.0 Å². The van der Waals surface area contributed by atoms with Gasteiger partial charge in [0.25, 0.3) is 5.95 Å². The third kappa shape index (κ3) is 3.46. The molecule has 8 heteroatoms. The predicted octanol–water partition coefficient (Wildman–Crippen LogP) is 1.30. The second-order valence-electron chi connectivity index (χ2n) is 5.15. The highest BCUT2D eigenvalue weighted by molar-refractivity contribution is 5.28. The first-order valence-electron chi connectivity index (χ1n) is 7.20. The minimum atomic E-state index is 0.258. The summed E-state index contributed by atoms with van der Waals surface area (Å²) in [6.45, 7) is 0.632. The molecule has 0 bridgehead atoms. The van der Waals surface area contributed by atoms with Gasteiger partial charge in [0.2, 0.25) is 5.95 Å². The molecule has 0 aromatic carbocycles. The van der Waals surface area contributed by atoms with Crippen LogP contribution in [0.1, 0.15) is 32.1 Å². The molecule has 1 aliphatic rings. The fourth-order valence-corrected chi connectivity index (χ4v) is 2.51. The fraction of sp³-hybridized carbons (Fsp3) is 0.538. The van der Waals surface area contributed by atoms with Gasteiger partial charge in [0.05, 0.1) is 6.61 Å². The van der Waals surface area contributed by atoms with Crippen LogP contribution in [0.3, 0.4) is 0 Å². The molecule has 0 saturated heterocycles. The van der Waals surface area contributed by atoms with Gasteiger partial charge in [-0.2, -0.15) is 20.1 Å². The van der Waals surface area contributed by atoms with Crippen LogP contribution in [0.2, 0.25) is 0 Å². The molecular formula is C13H19N7O. The average Bonchev–Trinajstić information content (AvgIpc) is 3.08. The number of nitrogens with one attached hydrogen (secondary N) is 1. The van der Waals surface area contributed by atoms with E-state index in [9.17, 15) is 0 Å². The summed E-state index contributed by atoms with van der Waals surface area (Å²) >= 11 is 0. The third-order valence-electron chi connectivity index (χ3n) is 3.61. The summed E-state index contributed by atoms with van der Waals surface area (Å²) in [6, 6.07) is 2.07. The van der Waals surface area contributed by atoms with Gasteiger partial charge in [-0.05, 0) is 24.8 Å².